The normalized spacial score (nSPS) is 11.9. The van der Waals surface area contributed by atoms with E-state index in [0.29, 0.717) is 16.5 Å². The van der Waals surface area contributed by atoms with Gasteiger partial charge in [0.1, 0.15) is 6.04 Å². The Morgan fingerprint density at radius 2 is 1.72 bits per heavy atom. The van der Waals surface area contributed by atoms with Crippen LogP contribution in [0, 0.1) is 0 Å². The molecule has 0 radical (unpaired) electrons. The van der Waals surface area contributed by atoms with Crippen LogP contribution < -0.4 is 5.32 Å². The van der Waals surface area contributed by atoms with Crippen molar-refractivity contribution >= 4 is 46.8 Å². The Balaban J connectivity index is 2.21. The van der Waals surface area contributed by atoms with E-state index >= 15 is 0 Å². The lowest BCUT2D eigenvalue weighted by Gasteiger charge is -2.31. The first-order valence-corrected chi connectivity index (χ1v) is 11.3. The lowest BCUT2D eigenvalue weighted by atomic mass is 10.1. The van der Waals surface area contributed by atoms with Gasteiger partial charge in [0.25, 0.3) is 0 Å². The fourth-order valence-corrected chi connectivity index (χ4v) is 3.98. The number of amides is 2. The van der Waals surface area contributed by atoms with Crippen LogP contribution in [0.25, 0.3) is 0 Å². The van der Waals surface area contributed by atoms with Crippen molar-refractivity contribution in [2.24, 2.45) is 0 Å². The summed E-state index contributed by atoms with van der Waals surface area (Å²) in [6.07, 6.45) is 0.514. The standard InChI is InChI=1S/C22H26Cl2N2O2S/c1-4-20(22(28)25-15(2)3)26(13-16-7-5-6-8-19(16)24)21(27)14-29-18-11-9-17(23)10-12-18/h5-12,15,20H,4,13-14H2,1-3H3,(H,25,28). The molecule has 4 nitrogen and oxygen atoms in total. The summed E-state index contributed by atoms with van der Waals surface area (Å²) in [7, 11) is 0. The molecule has 2 rings (SSSR count). The van der Waals surface area contributed by atoms with Crippen molar-refractivity contribution in [3.63, 3.8) is 0 Å². The zero-order valence-electron chi connectivity index (χ0n) is 16.8. The number of halogens is 2. The van der Waals surface area contributed by atoms with Gasteiger partial charge in [-0.1, -0.05) is 48.3 Å². The van der Waals surface area contributed by atoms with E-state index in [-0.39, 0.29) is 30.2 Å². The number of thioether (sulfide) groups is 1. The quantitative estimate of drug-likeness (QED) is 0.516. The maximum Gasteiger partial charge on any atom is 0.243 e. The maximum absolute atomic E-state index is 13.1. The number of carbonyl (C=O) groups excluding carboxylic acids is 2. The van der Waals surface area contributed by atoms with Crippen molar-refractivity contribution in [3.8, 4) is 0 Å². The van der Waals surface area contributed by atoms with Crippen LogP contribution in [-0.4, -0.2) is 34.6 Å². The average molecular weight is 453 g/mol. The summed E-state index contributed by atoms with van der Waals surface area (Å²) in [6, 6.07) is 14.2. The summed E-state index contributed by atoms with van der Waals surface area (Å²) < 4.78 is 0. The molecule has 0 bridgehead atoms. The number of carbonyl (C=O) groups is 2. The fraction of sp³-hybridized carbons (Fsp3) is 0.364. The zero-order chi connectivity index (χ0) is 21.4. The number of hydrogen-bond donors (Lipinski definition) is 1. The van der Waals surface area contributed by atoms with Gasteiger partial charge in [0.2, 0.25) is 11.8 Å². The molecule has 1 N–H and O–H groups in total. The predicted octanol–water partition coefficient (Wildman–Crippen LogP) is 5.42. The summed E-state index contributed by atoms with van der Waals surface area (Å²) in [4.78, 5) is 28.5. The van der Waals surface area contributed by atoms with Gasteiger partial charge in [-0.05, 0) is 56.2 Å². The molecule has 1 unspecified atom stereocenters. The van der Waals surface area contributed by atoms with E-state index in [1.807, 2.05) is 51.1 Å². The smallest absolute Gasteiger partial charge is 0.243 e. The van der Waals surface area contributed by atoms with E-state index in [1.54, 1.807) is 23.1 Å². The molecule has 0 heterocycles. The Labute approximate surface area is 187 Å². The molecule has 156 valence electrons. The van der Waals surface area contributed by atoms with Crippen LogP contribution in [-0.2, 0) is 16.1 Å². The second kappa shape index (κ2) is 11.5. The van der Waals surface area contributed by atoms with Gasteiger partial charge >= 0.3 is 0 Å². The minimum atomic E-state index is -0.563. The van der Waals surface area contributed by atoms with Crippen LogP contribution in [0.15, 0.2) is 53.4 Å². The second-order valence-electron chi connectivity index (χ2n) is 6.94. The number of nitrogens with one attached hydrogen (secondary N) is 1. The van der Waals surface area contributed by atoms with E-state index in [9.17, 15) is 9.59 Å². The third-order valence-corrected chi connectivity index (χ3v) is 5.91. The topological polar surface area (TPSA) is 49.4 Å². The van der Waals surface area contributed by atoms with Gasteiger partial charge in [0.05, 0.1) is 5.75 Å². The number of rotatable bonds is 9. The monoisotopic (exact) mass is 452 g/mol. The van der Waals surface area contributed by atoms with Crippen molar-refractivity contribution in [1.82, 2.24) is 10.2 Å². The Morgan fingerprint density at radius 3 is 2.31 bits per heavy atom. The van der Waals surface area contributed by atoms with Crippen molar-refractivity contribution in [2.45, 2.75) is 50.7 Å². The third kappa shape index (κ3) is 7.25. The van der Waals surface area contributed by atoms with Crippen molar-refractivity contribution in [2.75, 3.05) is 5.75 Å². The SMILES string of the molecule is CCC(C(=O)NC(C)C)N(Cc1ccccc1Cl)C(=O)CSc1ccc(Cl)cc1. The first-order valence-electron chi connectivity index (χ1n) is 9.53. The molecule has 0 aliphatic carbocycles. The van der Waals surface area contributed by atoms with Crippen LogP contribution in [0.4, 0.5) is 0 Å². The van der Waals surface area contributed by atoms with Crippen molar-refractivity contribution < 1.29 is 9.59 Å². The van der Waals surface area contributed by atoms with E-state index in [2.05, 4.69) is 5.32 Å². The largest absolute Gasteiger partial charge is 0.352 e. The highest BCUT2D eigenvalue weighted by atomic mass is 35.5. The summed E-state index contributed by atoms with van der Waals surface area (Å²) in [6.45, 7) is 6.00. The summed E-state index contributed by atoms with van der Waals surface area (Å²) in [5.74, 6) is -0.0487. The van der Waals surface area contributed by atoms with E-state index in [4.69, 9.17) is 23.2 Å². The molecule has 1 atom stereocenters. The van der Waals surface area contributed by atoms with Gasteiger partial charge in [0.15, 0.2) is 0 Å². The second-order valence-corrected chi connectivity index (χ2v) is 8.84. The number of benzene rings is 2. The summed E-state index contributed by atoms with van der Waals surface area (Å²) >= 11 is 13.7. The van der Waals surface area contributed by atoms with E-state index < -0.39 is 6.04 Å². The predicted molar refractivity (Wildman–Crippen MR) is 122 cm³/mol. The molecule has 0 saturated heterocycles. The lowest BCUT2D eigenvalue weighted by Crippen LogP contribution is -2.51. The molecule has 7 heteroatoms. The van der Waals surface area contributed by atoms with Crippen LogP contribution in [0.3, 0.4) is 0 Å². The average Bonchev–Trinajstić information content (AvgIpc) is 2.68. The molecule has 0 aromatic heterocycles. The van der Waals surface area contributed by atoms with Gasteiger partial charge < -0.3 is 10.2 Å². The third-order valence-electron chi connectivity index (χ3n) is 4.29. The van der Waals surface area contributed by atoms with Gasteiger partial charge in [-0.15, -0.1) is 11.8 Å². The molecular weight excluding hydrogens is 427 g/mol. The lowest BCUT2D eigenvalue weighted by molar-refractivity contribution is -0.139. The minimum Gasteiger partial charge on any atom is -0.352 e. The molecule has 0 fully saturated rings. The highest BCUT2D eigenvalue weighted by molar-refractivity contribution is 8.00. The van der Waals surface area contributed by atoms with Crippen LogP contribution >= 0.6 is 35.0 Å². The summed E-state index contributed by atoms with van der Waals surface area (Å²) in [5, 5.41) is 4.15. The molecular formula is C22H26Cl2N2O2S. The summed E-state index contributed by atoms with van der Waals surface area (Å²) in [5.41, 5.74) is 0.815. The highest BCUT2D eigenvalue weighted by Crippen LogP contribution is 2.24. The number of hydrogen-bond acceptors (Lipinski definition) is 3. The zero-order valence-corrected chi connectivity index (χ0v) is 19.2. The molecule has 2 aromatic rings. The Bertz CT molecular complexity index is 828. The van der Waals surface area contributed by atoms with Crippen LogP contribution in [0.1, 0.15) is 32.8 Å². The molecule has 2 amide bonds. The highest BCUT2D eigenvalue weighted by Gasteiger charge is 2.29. The van der Waals surface area contributed by atoms with E-state index in [1.165, 1.54) is 11.8 Å². The Hall–Kier alpha value is -1.69. The van der Waals surface area contributed by atoms with Crippen molar-refractivity contribution in [3.05, 3.63) is 64.1 Å². The molecule has 2 aromatic carbocycles. The maximum atomic E-state index is 13.1. The number of nitrogens with zero attached hydrogens (tertiary/aromatic N) is 1. The van der Waals surface area contributed by atoms with Gasteiger partial charge in [0, 0.05) is 27.5 Å². The fourth-order valence-electron chi connectivity index (χ4n) is 2.87. The molecule has 0 aliphatic heterocycles. The first kappa shape index (κ1) is 23.6. The molecule has 0 saturated carbocycles. The Kier molecular flexibility index (Phi) is 9.34. The Morgan fingerprint density at radius 1 is 1.07 bits per heavy atom. The van der Waals surface area contributed by atoms with Crippen LogP contribution in [0.2, 0.25) is 10.0 Å². The van der Waals surface area contributed by atoms with Crippen molar-refractivity contribution in [1.29, 1.82) is 0 Å². The first-order chi connectivity index (χ1) is 13.8. The van der Waals surface area contributed by atoms with E-state index in [0.717, 1.165) is 10.5 Å². The molecule has 0 spiro atoms. The van der Waals surface area contributed by atoms with Gasteiger partial charge in [-0.2, -0.15) is 0 Å². The van der Waals surface area contributed by atoms with Gasteiger partial charge in [-0.3, -0.25) is 9.59 Å². The molecule has 29 heavy (non-hydrogen) atoms. The molecule has 0 aliphatic rings. The van der Waals surface area contributed by atoms with Gasteiger partial charge in [-0.25, -0.2) is 0 Å². The minimum absolute atomic E-state index is 0.00254. The van der Waals surface area contributed by atoms with Crippen LogP contribution in [0.5, 0.6) is 0 Å².